The Bertz CT molecular complexity index is 471. The molecule has 0 unspecified atom stereocenters. The molecule has 0 bridgehead atoms. The first-order valence-electron chi connectivity index (χ1n) is 9.23. The van der Waals surface area contributed by atoms with Crippen molar-refractivity contribution < 1.29 is 19.4 Å². The summed E-state index contributed by atoms with van der Waals surface area (Å²) in [7, 11) is 0. The van der Waals surface area contributed by atoms with Crippen LogP contribution < -0.4 is 9.84 Å². The number of carbonyl (C=O) groups excluding carboxylic acids is 1. The maximum atomic E-state index is 11.0. The van der Waals surface area contributed by atoms with E-state index in [1.54, 1.807) is 18.2 Å². The summed E-state index contributed by atoms with van der Waals surface area (Å²) in [5.74, 6) is -0.584. The maximum Gasteiger partial charge on any atom is 0.125 e. The number of hydrogen-bond acceptors (Lipinski definition) is 4. The topological polar surface area (TPSA) is 58.6 Å². The summed E-state index contributed by atoms with van der Waals surface area (Å²) in [4.78, 5) is 11.0. The lowest BCUT2D eigenvalue weighted by molar-refractivity contribution is -0.255. The van der Waals surface area contributed by atoms with Gasteiger partial charge in [-0.1, -0.05) is 64.5 Å². The molecule has 0 saturated carbocycles. The molecule has 0 heterocycles. The fraction of sp³-hybridized carbons (Fsp3) is 0.650. The molecular formula is C20H31O4-. The van der Waals surface area contributed by atoms with E-state index in [0.717, 1.165) is 31.4 Å². The quantitative estimate of drug-likeness (QED) is 0.480. The molecule has 0 aliphatic carbocycles. The fourth-order valence-electron chi connectivity index (χ4n) is 2.46. The van der Waals surface area contributed by atoms with Crippen LogP contribution in [0, 0.1) is 0 Å². The molecule has 0 amide bonds. The highest BCUT2D eigenvalue weighted by atomic mass is 16.5. The SMILES string of the molecule is CCCCCCOCc1ccc(C(=O)[O-])cc1OCCCCCC. The number of ether oxygens (including phenoxy) is 2. The zero-order valence-electron chi connectivity index (χ0n) is 15.1. The standard InChI is InChI=1S/C20H32O4/c1-3-5-7-9-13-23-16-18-12-11-17(20(21)22)15-19(18)24-14-10-8-6-4-2/h11-12,15H,3-10,13-14,16H2,1-2H3,(H,21,22)/p-1. The van der Waals surface area contributed by atoms with E-state index < -0.39 is 5.97 Å². The number of carboxylic acid groups (broad SMARTS) is 1. The van der Waals surface area contributed by atoms with E-state index in [1.807, 2.05) is 0 Å². The molecule has 4 heteroatoms. The number of hydrogen-bond donors (Lipinski definition) is 0. The molecule has 0 aromatic heterocycles. The van der Waals surface area contributed by atoms with Crippen LogP contribution in [-0.2, 0) is 11.3 Å². The van der Waals surface area contributed by atoms with Crippen LogP contribution in [-0.4, -0.2) is 19.2 Å². The first-order chi connectivity index (χ1) is 11.7. The predicted molar refractivity (Wildman–Crippen MR) is 94.2 cm³/mol. The van der Waals surface area contributed by atoms with E-state index in [1.165, 1.54) is 32.1 Å². The number of unbranched alkanes of at least 4 members (excludes halogenated alkanes) is 6. The summed E-state index contributed by atoms with van der Waals surface area (Å²) in [6, 6.07) is 4.86. The van der Waals surface area contributed by atoms with Crippen molar-refractivity contribution in [2.45, 2.75) is 71.8 Å². The van der Waals surface area contributed by atoms with Crippen molar-refractivity contribution in [3.05, 3.63) is 29.3 Å². The molecular weight excluding hydrogens is 304 g/mol. The Morgan fingerprint density at radius 3 is 2.25 bits per heavy atom. The molecule has 0 atom stereocenters. The molecule has 1 rings (SSSR count). The lowest BCUT2D eigenvalue weighted by Gasteiger charge is -2.14. The average Bonchev–Trinajstić information content (AvgIpc) is 2.58. The van der Waals surface area contributed by atoms with Crippen LogP contribution in [0.15, 0.2) is 18.2 Å². The van der Waals surface area contributed by atoms with Crippen LogP contribution in [0.2, 0.25) is 0 Å². The molecule has 0 aliphatic heterocycles. The van der Waals surface area contributed by atoms with Gasteiger partial charge in [0, 0.05) is 17.7 Å². The Kier molecular flexibility index (Phi) is 10.9. The molecule has 0 N–H and O–H groups in total. The van der Waals surface area contributed by atoms with E-state index in [4.69, 9.17) is 9.47 Å². The van der Waals surface area contributed by atoms with Gasteiger partial charge < -0.3 is 19.4 Å². The van der Waals surface area contributed by atoms with Gasteiger partial charge in [0.05, 0.1) is 19.2 Å². The van der Waals surface area contributed by atoms with Gasteiger partial charge in [-0.25, -0.2) is 0 Å². The van der Waals surface area contributed by atoms with Gasteiger partial charge in [-0.2, -0.15) is 0 Å². The number of carbonyl (C=O) groups is 1. The lowest BCUT2D eigenvalue weighted by Crippen LogP contribution is -2.22. The van der Waals surface area contributed by atoms with Gasteiger partial charge in [0.2, 0.25) is 0 Å². The minimum absolute atomic E-state index is 0.144. The second kappa shape index (κ2) is 12.8. The van der Waals surface area contributed by atoms with Crippen LogP contribution in [0.25, 0.3) is 0 Å². The molecule has 24 heavy (non-hydrogen) atoms. The third-order valence-corrected chi connectivity index (χ3v) is 3.96. The Balaban J connectivity index is 2.52. The monoisotopic (exact) mass is 335 g/mol. The third-order valence-electron chi connectivity index (χ3n) is 3.96. The molecule has 0 aliphatic rings. The highest BCUT2D eigenvalue weighted by Crippen LogP contribution is 2.22. The van der Waals surface area contributed by atoms with Gasteiger partial charge in [-0.15, -0.1) is 0 Å². The van der Waals surface area contributed by atoms with E-state index in [2.05, 4.69) is 13.8 Å². The molecule has 0 fully saturated rings. The molecule has 0 spiro atoms. The van der Waals surface area contributed by atoms with Crippen molar-refractivity contribution >= 4 is 5.97 Å². The first-order valence-corrected chi connectivity index (χ1v) is 9.23. The number of benzene rings is 1. The van der Waals surface area contributed by atoms with Crippen LogP contribution in [0.4, 0.5) is 0 Å². The van der Waals surface area contributed by atoms with Gasteiger partial charge in [0.15, 0.2) is 0 Å². The molecule has 4 nitrogen and oxygen atoms in total. The van der Waals surface area contributed by atoms with E-state index in [0.29, 0.717) is 19.0 Å². The van der Waals surface area contributed by atoms with E-state index in [9.17, 15) is 9.90 Å². The summed E-state index contributed by atoms with van der Waals surface area (Å²) in [5.41, 5.74) is 1.04. The Labute approximate surface area is 146 Å². The van der Waals surface area contributed by atoms with Crippen LogP contribution >= 0.6 is 0 Å². The molecule has 136 valence electrons. The van der Waals surface area contributed by atoms with Gasteiger partial charge in [-0.05, 0) is 18.9 Å². The third kappa shape index (κ3) is 8.34. The van der Waals surface area contributed by atoms with Crippen molar-refractivity contribution in [2.75, 3.05) is 13.2 Å². The highest BCUT2D eigenvalue weighted by molar-refractivity contribution is 5.86. The normalized spacial score (nSPS) is 10.8. The maximum absolute atomic E-state index is 11.0. The summed E-state index contributed by atoms with van der Waals surface area (Å²) in [6.07, 6.45) is 9.14. The van der Waals surface area contributed by atoms with Crippen LogP contribution in [0.3, 0.4) is 0 Å². The van der Waals surface area contributed by atoms with Gasteiger partial charge >= 0.3 is 0 Å². The zero-order chi connectivity index (χ0) is 17.6. The molecule has 1 aromatic rings. The van der Waals surface area contributed by atoms with Crippen molar-refractivity contribution in [1.82, 2.24) is 0 Å². The van der Waals surface area contributed by atoms with Crippen molar-refractivity contribution in [2.24, 2.45) is 0 Å². The summed E-state index contributed by atoms with van der Waals surface area (Å²) < 4.78 is 11.5. The van der Waals surface area contributed by atoms with Gasteiger partial charge in [0.25, 0.3) is 0 Å². The minimum Gasteiger partial charge on any atom is -0.545 e. The Morgan fingerprint density at radius 1 is 0.958 bits per heavy atom. The Hall–Kier alpha value is -1.55. The number of rotatable bonds is 14. The van der Waals surface area contributed by atoms with Crippen molar-refractivity contribution in [3.8, 4) is 5.75 Å². The first kappa shape index (κ1) is 20.5. The summed E-state index contributed by atoms with van der Waals surface area (Å²) in [6.45, 7) is 6.12. The molecule has 1 aromatic carbocycles. The average molecular weight is 335 g/mol. The highest BCUT2D eigenvalue weighted by Gasteiger charge is 2.07. The van der Waals surface area contributed by atoms with Crippen LogP contribution in [0.1, 0.15) is 81.1 Å². The summed E-state index contributed by atoms with van der Waals surface area (Å²) in [5, 5.41) is 11.0. The second-order valence-electron chi connectivity index (χ2n) is 6.13. The smallest absolute Gasteiger partial charge is 0.125 e. The minimum atomic E-state index is -1.18. The van der Waals surface area contributed by atoms with Gasteiger partial charge in [-0.3, -0.25) is 0 Å². The van der Waals surface area contributed by atoms with Crippen molar-refractivity contribution in [1.29, 1.82) is 0 Å². The van der Waals surface area contributed by atoms with E-state index >= 15 is 0 Å². The zero-order valence-corrected chi connectivity index (χ0v) is 15.1. The number of carboxylic acids is 1. The largest absolute Gasteiger partial charge is 0.545 e. The second-order valence-corrected chi connectivity index (χ2v) is 6.13. The Morgan fingerprint density at radius 2 is 1.62 bits per heavy atom. The van der Waals surface area contributed by atoms with Crippen LogP contribution in [0.5, 0.6) is 5.75 Å². The summed E-state index contributed by atoms with van der Waals surface area (Å²) >= 11 is 0. The molecule has 0 radical (unpaired) electrons. The number of aromatic carboxylic acids is 1. The predicted octanol–water partition coefficient (Wildman–Crippen LogP) is 4.11. The van der Waals surface area contributed by atoms with Gasteiger partial charge in [0.1, 0.15) is 5.75 Å². The fourth-order valence-corrected chi connectivity index (χ4v) is 2.46. The van der Waals surface area contributed by atoms with Crippen molar-refractivity contribution in [3.63, 3.8) is 0 Å². The van der Waals surface area contributed by atoms with E-state index in [-0.39, 0.29) is 5.56 Å². The lowest BCUT2D eigenvalue weighted by atomic mass is 10.1. The molecule has 0 saturated heterocycles.